The van der Waals surface area contributed by atoms with Gasteiger partial charge in [0.25, 0.3) is 0 Å². The van der Waals surface area contributed by atoms with Gasteiger partial charge in [-0.2, -0.15) is 0 Å². The molecular weight excluding hydrogens is 390 g/mol. The van der Waals surface area contributed by atoms with Gasteiger partial charge < -0.3 is 19.5 Å². The number of phenolic OH excluding ortho intramolecular Hbond substituents is 1. The molecule has 1 saturated heterocycles. The predicted octanol–water partition coefficient (Wildman–Crippen LogP) is 3.72. The molecule has 1 atom stereocenters. The Balaban J connectivity index is 1.55. The number of fused-ring (bicyclic) bond motifs is 1. The summed E-state index contributed by atoms with van der Waals surface area (Å²) in [7, 11) is 2.14. The Morgan fingerprint density at radius 3 is 2.76 bits per heavy atom. The van der Waals surface area contributed by atoms with Crippen LogP contribution < -0.4 is 14.8 Å². The van der Waals surface area contributed by atoms with Gasteiger partial charge >= 0.3 is 0 Å². The largest absolute Gasteiger partial charge is 0.508 e. The molecule has 1 spiro atoms. The van der Waals surface area contributed by atoms with Crippen LogP contribution in [0.1, 0.15) is 36.4 Å². The van der Waals surface area contributed by atoms with Gasteiger partial charge in [0.15, 0.2) is 11.5 Å². The molecule has 1 fully saturated rings. The van der Waals surface area contributed by atoms with E-state index in [-0.39, 0.29) is 24.2 Å². The van der Waals surface area contributed by atoms with Crippen molar-refractivity contribution in [3.63, 3.8) is 0 Å². The lowest BCUT2D eigenvalue weighted by Gasteiger charge is -2.44. The molecule has 152 valence electrons. The molecule has 3 aliphatic heterocycles. The third-order valence-corrected chi connectivity index (χ3v) is 6.31. The van der Waals surface area contributed by atoms with E-state index in [0.717, 1.165) is 54.3 Å². The van der Waals surface area contributed by atoms with Crippen LogP contribution in [0.5, 0.6) is 17.2 Å². The van der Waals surface area contributed by atoms with Crippen molar-refractivity contribution in [2.24, 2.45) is 4.99 Å². The van der Waals surface area contributed by atoms with Crippen LogP contribution in [0.15, 0.2) is 41.4 Å². The summed E-state index contributed by atoms with van der Waals surface area (Å²) in [5.74, 6) is 1.77. The molecule has 2 aromatic carbocycles. The van der Waals surface area contributed by atoms with Crippen molar-refractivity contribution in [3.8, 4) is 17.2 Å². The van der Waals surface area contributed by atoms with Crippen molar-refractivity contribution < 1.29 is 14.6 Å². The highest BCUT2D eigenvalue weighted by molar-refractivity contribution is 6.30. The number of benzene rings is 2. The highest BCUT2D eigenvalue weighted by Gasteiger charge is 2.40. The SMILES string of the molecule is CN1CCC2(CC1)N=C(c1ccc3c(c1)OCO3)CC(c1cc(Cl)ccc1O)N2. The van der Waals surface area contributed by atoms with E-state index in [1.54, 1.807) is 12.1 Å². The van der Waals surface area contributed by atoms with Crippen LogP contribution in [0.25, 0.3) is 0 Å². The van der Waals surface area contributed by atoms with Gasteiger partial charge in [-0.3, -0.25) is 10.3 Å². The smallest absolute Gasteiger partial charge is 0.231 e. The van der Waals surface area contributed by atoms with Crippen LogP contribution in [0.4, 0.5) is 0 Å². The number of hydrogen-bond donors (Lipinski definition) is 2. The van der Waals surface area contributed by atoms with E-state index in [1.807, 2.05) is 24.3 Å². The Bertz CT molecular complexity index is 970. The standard InChI is InChI=1S/C22H24ClN3O3/c1-26-8-6-22(7-9-26)24-17(14-2-5-20-21(10-14)29-13-28-20)12-18(25-22)16-11-15(23)3-4-19(16)27/h2-5,10-11,18,25,27H,6-9,12-13H2,1H3. The minimum Gasteiger partial charge on any atom is -0.508 e. The molecule has 5 rings (SSSR count). The lowest BCUT2D eigenvalue weighted by molar-refractivity contribution is 0.144. The quantitative estimate of drug-likeness (QED) is 0.785. The fraction of sp³-hybridized carbons (Fsp3) is 0.409. The highest BCUT2D eigenvalue weighted by atomic mass is 35.5. The number of nitrogens with zero attached hydrogens (tertiary/aromatic N) is 2. The van der Waals surface area contributed by atoms with Crippen LogP contribution in [-0.4, -0.2) is 48.3 Å². The Morgan fingerprint density at radius 2 is 1.93 bits per heavy atom. The first-order valence-electron chi connectivity index (χ1n) is 9.95. The number of aromatic hydroxyl groups is 1. The normalized spacial score (nSPS) is 23.2. The zero-order valence-corrected chi connectivity index (χ0v) is 17.1. The lowest BCUT2D eigenvalue weighted by atomic mass is 9.87. The summed E-state index contributed by atoms with van der Waals surface area (Å²) in [6.45, 7) is 2.19. The van der Waals surface area contributed by atoms with E-state index >= 15 is 0 Å². The molecule has 0 aliphatic carbocycles. The molecule has 7 heteroatoms. The van der Waals surface area contributed by atoms with E-state index < -0.39 is 0 Å². The van der Waals surface area contributed by atoms with Gasteiger partial charge in [0.2, 0.25) is 6.79 Å². The molecule has 29 heavy (non-hydrogen) atoms. The topological polar surface area (TPSA) is 66.3 Å². The fourth-order valence-electron chi connectivity index (χ4n) is 4.40. The van der Waals surface area contributed by atoms with Crippen molar-refractivity contribution >= 4 is 17.3 Å². The van der Waals surface area contributed by atoms with E-state index in [0.29, 0.717) is 11.4 Å². The number of nitrogens with one attached hydrogen (secondary N) is 1. The molecule has 2 N–H and O–H groups in total. The molecule has 0 saturated carbocycles. The summed E-state index contributed by atoms with van der Waals surface area (Å²) in [6, 6.07) is 11.1. The first kappa shape index (κ1) is 18.7. The highest BCUT2D eigenvalue weighted by Crippen LogP contribution is 2.40. The average Bonchev–Trinajstić information content (AvgIpc) is 3.20. The number of halogens is 1. The molecule has 0 aromatic heterocycles. The van der Waals surface area contributed by atoms with E-state index in [9.17, 15) is 5.11 Å². The van der Waals surface area contributed by atoms with Gasteiger partial charge in [-0.05, 0) is 61.9 Å². The summed E-state index contributed by atoms with van der Waals surface area (Å²) >= 11 is 6.24. The zero-order valence-electron chi connectivity index (χ0n) is 16.3. The van der Waals surface area contributed by atoms with E-state index in [2.05, 4.69) is 17.3 Å². The fourth-order valence-corrected chi connectivity index (χ4v) is 4.58. The molecule has 3 heterocycles. The van der Waals surface area contributed by atoms with Crippen molar-refractivity contribution in [1.82, 2.24) is 10.2 Å². The Kier molecular flexibility index (Phi) is 4.65. The van der Waals surface area contributed by atoms with Crippen molar-refractivity contribution in [1.29, 1.82) is 0 Å². The van der Waals surface area contributed by atoms with Crippen molar-refractivity contribution in [2.75, 3.05) is 26.9 Å². The predicted molar refractivity (Wildman–Crippen MR) is 112 cm³/mol. The van der Waals surface area contributed by atoms with Gasteiger partial charge in [-0.25, -0.2) is 0 Å². The Morgan fingerprint density at radius 1 is 1.14 bits per heavy atom. The van der Waals surface area contributed by atoms with Crippen molar-refractivity contribution in [3.05, 3.63) is 52.5 Å². The maximum atomic E-state index is 10.5. The van der Waals surface area contributed by atoms with E-state index in [4.69, 9.17) is 26.1 Å². The molecule has 0 radical (unpaired) electrons. The lowest BCUT2D eigenvalue weighted by Crippen LogP contribution is -2.55. The van der Waals surface area contributed by atoms with Gasteiger partial charge in [0.1, 0.15) is 11.4 Å². The molecule has 1 unspecified atom stereocenters. The average molecular weight is 414 g/mol. The summed E-state index contributed by atoms with van der Waals surface area (Å²) in [5, 5.41) is 14.9. The molecular formula is C22H24ClN3O3. The maximum absolute atomic E-state index is 10.5. The Hall–Kier alpha value is -2.28. The van der Waals surface area contributed by atoms with E-state index in [1.165, 1.54) is 0 Å². The number of piperidine rings is 1. The molecule has 0 amide bonds. The molecule has 2 aromatic rings. The van der Waals surface area contributed by atoms with Crippen LogP contribution in [0.3, 0.4) is 0 Å². The number of ether oxygens (including phenoxy) is 2. The summed E-state index contributed by atoms with van der Waals surface area (Å²) < 4.78 is 11.0. The van der Waals surface area contributed by atoms with Gasteiger partial charge in [-0.15, -0.1) is 0 Å². The zero-order chi connectivity index (χ0) is 20.0. The third-order valence-electron chi connectivity index (χ3n) is 6.07. The third kappa shape index (κ3) is 3.56. The molecule has 0 bridgehead atoms. The van der Waals surface area contributed by atoms with Crippen molar-refractivity contribution in [2.45, 2.75) is 31.0 Å². The van der Waals surface area contributed by atoms with Gasteiger partial charge in [0, 0.05) is 41.8 Å². The summed E-state index contributed by atoms with van der Waals surface area (Å²) in [6.07, 6.45) is 2.48. The second kappa shape index (κ2) is 7.20. The number of hydrogen-bond acceptors (Lipinski definition) is 6. The number of rotatable bonds is 2. The van der Waals surface area contributed by atoms with Crippen LogP contribution >= 0.6 is 11.6 Å². The summed E-state index contributed by atoms with van der Waals surface area (Å²) in [5.41, 5.74) is 2.50. The minimum absolute atomic E-state index is 0.0740. The summed E-state index contributed by atoms with van der Waals surface area (Å²) in [4.78, 5) is 7.52. The monoisotopic (exact) mass is 413 g/mol. The molecule has 3 aliphatic rings. The number of aliphatic imine (C=N–C) groups is 1. The first-order valence-corrected chi connectivity index (χ1v) is 10.3. The maximum Gasteiger partial charge on any atom is 0.231 e. The number of phenols is 1. The molecule has 6 nitrogen and oxygen atoms in total. The van der Waals surface area contributed by atoms with Crippen LogP contribution in [0, 0.1) is 0 Å². The second-order valence-corrected chi connectivity index (χ2v) is 8.50. The van der Waals surface area contributed by atoms with Crippen LogP contribution in [-0.2, 0) is 0 Å². The minimum atomic E-state index is -0.351. The van der Waals surface area contributed by atoms with Gasteiger partial charge in [-0.1, -0.05) is 11.6 Å². The number of likely N-dealkylation sites (tertiary alicyclic amines) is 1. The van der Waals surface area contributed by atoms with Gasteiger partial charge in [0.05, 0.1) is 0 Å². The Labute approximate surface area is 175 Å². The van der Waals surface area contributed by atoms with Crippen LogP contribution in [0.2, 0.25) is 5.02 Å². The first-order chi connectivity index (χ1) is 14.0. The second-order valence-electron chi connectivity index (χ2n) is 8.07.